The average molecular weight is 220 g/mol. The second-order valence-corrected chi connectivity index (χ2v) is 6.16. The summed E-state index contributed by atoms with van der Waals surface area (Å²) in [5.41, 5.74) is 0. The molecule has 0 aromatic carbocycles. The summed E-state index contributed by atoms with van der Waals surface area (Å²) in [5.74, 6) is 0.924. The highest BCUT2D eigenvalue weighted by molar-refractivity contribution is 7.89. The van der Waals surface area contributed by atoms with E-state index in [2.05, 4.69) is 23.5 Å². The van der Waals surface area contributed by atoms with Crippen LogP contribution in [0.1, 0.15) is 20.3 Å². The van der Waals surface area contributed by atoms with E-state index in [0.717, 1.165) is 19.5 Å². The predicted molar refractivity (Wildman–Crippen MR) is 57.7 cm³/mol. The van der Waals surface area contributed by atoms with Crippen LogP contribution >= 0.6 is 0 Å². The van der Waals surface area contributed by atoms with Gasteiger partial charge in [0, 0.05) is 19.6 Å². The van der Waals surface area contributed by atoms with E-state index >= 15 is 0 Å². The summed E-state index contributed by atoms with van der Waals surface area (Å²) in [6.07, 6.45) is 1.14. The monoisotopic (exact) mass is 220 g/mol. The molecular weight excluding hydrogens is 200 g/mol. The molecule has 0 radical (unpaired) electrons. The molecule has 0 unspecified atom stereocenters. The first-order chi connectivity index (χ1) is 6.49. The van der Waals surface area contributed by atoms with E-state index in [1.54, 1.807) is 0 Å². The summed E-state index contributed by atoms with van der Waals surface area (Å²) >= 11 is 0. The van der Waals surface area contributed by atoms with Crippen LogP contribution in [0.25, 0.3) is 0 Å². The fourth-order valence-corrected chi connectivity index (χ4v) is 2.50. The van der Waals surface area contributed by atoms with E-state index in [0.29, 0.717) is 19.0 Å². The Morgan fingerprint density at radius 2 is 2.07 bits per heavy atom. The van der Waals surface area contributed by atoms with Crippen LogP contribution < -0.4 is 4.72 Å². The van der Waals surface area contributed by atoms with Crippen molar-refractivity contribution in [2.75, 3.05) is 31.9 Å². The zero-order valence-electron chi connectivity index (χ0n) is 8.99. The number of nitrogens with zero attached hydrogens (tertiary/aromatic N) is 1. The lowest BCUT2D eigenvalue weighted by atomic mass is 10.1. The van der Waals surface area contributed by atoms with Gasteiger partial charge in [-0.2, -0.15) is 0 Å². The van der Waals surface area contributed by atoms with Crippen molar-refractivity contribution in [1.29, 1.82) is 0 Å². The van der Waals surface area contributed by atoms with Gasteiger partial charge in [0.1, 0.15) is 0 Å². The summed E-state index contributed by atoms with van der Waals surface area (Å²) in [5, 5.41) is 0. The van der Waals surface area contributed by atoms with Crippen molar-refractivity contribution in [3.05, 3.63) is 0 Å². The van der Waals surface area contributed by atoms with Crippen molar-refractivity contribution in [2.24, 2.45) is 5.92 Å². The standard InChI is InChI=1S/C9H20N2O2S/c1-9(2)3-5-11-6-4-10-14(12,13)8-7-11/h9-10H,3-8H2,1-2H3. The Kier molecular flexibility index (Phi) is 4.34. The molecule has 1 N–H and O–H groups in total. The van der Waals surface area contributed by atoms with E-state index < -0.39 is 10.0 Å². The van der Waals surface area contributed by atoms with Crippen molar-refractivity contribution in [2.45, 2.75) is 20.3 Å². The van der Waals surface area contributed by atoms with Gasteiger partial charge in [-0.05, 0) is 18.9 Å². The first kappa shape index (κ1) is 11.9. The summed E-state index contributed by atoms with van der Waals surface area (Å²) in [7, 11) is -2.98. The molecule has 84 valence electrons. The normalized spacial score (nSPS) is 23.6. The Morgan fingerprint density at radius 3 is 2.71 bits per heavy atom. The number of hydrogen-bond acceptors (Lipinski definition) is 3. The Balaban J connectivity index is 2.35. The molecule has 1 fully saturated rings. The lowest BCUT2D eigenvalue weighted by molar-refractivity contribution is 0.281. The fraction of sp³-hybridized carbons (Fsp3) is 1.00. The molecule has 4 nitrogen and oxygen atoms in total. The SMILES string of the molecule is CC(C)CCN1CCNS(=O)(=O)CC1. The number of rotatable bonds is 3. The van der Waals surface area contributed by atoms with Crippen LogP contribution in [-0.4, -0.2) is 45.2 Å². The summed E-state index contributed by atoms with van der Waals surface area (Å²) in [6, 6.07) is 0. The molecule has 0 atom stereocenters. The van der Waals surface area contributed by atoms with Crippen molar-refractivity contribution in [1.82, 2.24) is 9.62 Å². The van der Waals surface area contributed by atoms with Gasteiger partial charge in [-0.1, -0.05) is 13.8 Å². The largest absolute Gasteiger partial charge is 0.301 e. The lowest BCUT2D eigenvalue weighted by Crippen LogP contribution is -2.30. The van der Waals surface area contributed by atoms with Crippen LogP contribution in [0.15, 0.2) is 0 Å². The van der Waals surface area contributed by atoms with Crippen molar-refractivity contribution >= 4 is 10.0 Å². The van der Waals surface area contributed by atoms with Gasteiger partial charge in [0.25, 0.3) is 0 Å². The topological polar surface area (TPSA) is 49.4 Å². The Morgan fingerprint density at radius 1 is 1.36 bits per heavy atom. The quantitative estimate of drug-likeness (QED) is 0.742. The van der Waals surface area contributed by atoms with Crippen LogP contribution in [0.4, 0.5) is 0 Å². The van der Waals surface area contributed by atoms with Crippen molar-refractivity contribution in [3.63, 3.8) is 0 Å². The van der Waals surface area contributed by atoms with Gasteiger partial charge >= 0.3 is 0 Å². The van der Waals surface area contributed by atoms with Crippen LogP contribution in [0, 0.1) is 5.92 Å². The third kappa shape index (κ3) is 4.39. The molecule has 0 aromatic heterocycles. The molecule has 0 bridgehead atoms. The van der Waals surface area contributed by atoms with Crippen LogP contribution in [0.3, 0.4) is 0 Å². The number of hydrogen-bond donors (Lipinski definition) is 1. The molecular formula is C9H20N2O2S. The highest BCUT2D eigenvalue weighted by Gasteiger charge is 2.17. The van der Waals surface area contributed by atoms with Crippen molar-refractivity contribution < 1.29 is 8.42 Å². The van der Waals surface area contributed by atoms with Gasteiger partial charge in [-0.15, -0.1) is 0 Å². The molecule has 1 rings (SSSR count). The molecule has 1 saturated heterocycles. The molecule has 1 aliphatic rings. The third-order valence-electron chi connectivity index (χ3n) is 2.45. The van der Waals surface area contributed by atoms with E-state index in [9.17, 15) is 8.42 Å². The van der Waals surface area contributed by atoms with Crippen molar-refractivity contribution in [3.8, 4) is 0 Å². The second kappa shape index (κ2) is 5.09. The maximum Gasteiger partial charge on any atom is 0.212 e. The van der Waals surface area contributed by atoms with E-state index in [4.69, 9.17) is 0 Å². The minimum absolute atomic E-state index is 0.241. The van der Waals surface area contributed by atoms with E-state index in [1.165, 1.54) is 0 Å². The molecule has 1 aliphatic heterocycles. The highest BCUT2D eigenvalue weighted by Crippen LogP contribution is 2.03. The average Bonchev–Trinajstić information content (AvgIpc) is 2.23. The van der Waals surface area contributed by atoms with Gasteiger partial charge in [0.05, 0.1) is 5.75 Å². The maximum atomic E-state index is 11.2. The highest BCUT2D eigenvalue weighted by atomic mass is 32.2. The molecule has 14 heavy (non-hydrogen) atoms. The van der Waals surface area contributed by atoms with E-state index in [-0.39, 0.29) is 5.75 Å². The molecule has 1 heterocycles. The summed E-state index contributed by atoms with van der Waals surface area (Å²) in [6.45, 7) is 7.45. The van der Waals surface area contributed by atoms with Gasteiger partial charge in [-0.25, -0.2) is 13.1 Å². The molecule has 0 amide bonds. The van der Waals surface area contributed by atoms with Crippen LogP contribution in [0.2, 0.25) is 0 Å². The van der Waals surface area contributed by atoms with Gasteiger partial charge in [0.2, 0.25) is 10.0 Å². The predicted octanol–water partition coefficient (Wildman–Crippen LogP) is 0.268. The van der Waals surface area contributed by atoms with Gasteiger partial charge in [-0.3, -0.25) is 0 Å². The first-order valence-corrected chi connectivity index (χ1v) is 6.84. The summed E-state index contributed by atoms with van der Waals surface area (Å²) in [4.78, 5) is 2.22. The minimum Gasteiger partial charge on any atom is -0.301 e. The second-order valence-electron chi connectivity index (χ2n) is 4.24. The van der Waals surface area contributed by atoms with Gasteiger partial charge in [0.15, 0.2) is 0 Å². The Hall–Kier alpha value is -0.130. The minimum atomic E-state index is -2.98. The number of sulfonamides is 1. The zero-order valence-corrected chi connectivity index (χ0v) is 9.81. The van der Waals surface area contributed by atoms with Crippen LogP contribution in [-0.2, 0) is 10.0 Å². The van der Waals surface area contributed by atoms with E-state index in [1.807, 2.05) is 0 Å². The van der Waals surface area contributed by atoms with Crippen LogP contribution in [0.5, 0.6) is 0 Å². The fourth-order valence-electron chi connectivity index (χ4n) is 1.46. The van der Waals surface area contributed by atoms with Gasteiger partial charge < -0.3 is 4.90 Å². The summed E-state index contributed by atoms with van der Waals surface area (Å²) < 4.78 is 25.0. The Bertz CT molecular complexity index is 262. The molecule has 0 aromatic rings. The molecule has 0 spiro atoms. The zero-order chi connectivity index (χ0) is 10.6. The molecule has 0 aliphatic carbocycles. The number of nitrogens with one attached hydrogen (secondary N) is 1. The smallest absolute Gasteiger partial charge is 0.212 e. The lowest BCUT2D eigenvalue weighted by Gasteiger charge is -2.19. The maximum absolute atomic E-state index is 11.2. The first-order valence-electron chi connectivity index (χ1n) is 5.19. The molecule has 5 heteroatoms. The Labute approximate surface area is 86.7 Å². The third-order valence-corrected chi connectivity index (χ3v) is 3.81. The molecule has 0 saturated carbocycles.